The van der Waals surface area contributed by atoms with Crippen LogP contribution >= 0.6 is 11.8 Å². The second-order valence-electron chi connectivity index (χ2n) is 3.84. The Balaban J connectivity index is 1.76. The highest BCUT2D eigenvalue weighted by Gasteiger charge is 2.06. The fourth-order valence-corrected chi connectivity index (χ4v) is 2.32. The summed E-state index contributed by atoms with van der Waals surface area (Å²) in [5.74, 6) is 1.34. The van der Waals surface area contributed by atoms with Gasteiger partial charge in [0, 0.05) is 11.9 Å². The molecule has 0 unspecified atom stereocenters. The third kappa shape index (κ3) is 2.36. The molecular weight excluding hydrogens is 246 g/mol. The van der Waals surface area contributed by atoms with Crippen LogP contribution in [0, 0.1) is 6.92 Å². The molecule has 0 N–H and O–H groups in total. The number of hydrogen-bond acceptors (Lipinski definition) is 5. The Morgan fingerprint density at radius 3 is 2.89 bits per heavy atom. The number of nitrogens with zero attached hydrogens (tertiary/aromatic N) is 3. The summed E-state index contributed by atoms with van der Waals surface area (Å²) in [6.07, 6.45) is 1.76. The van der Waals surface area contributed by atoms with Crippen LogP contribution in [-0.2, 0) is 5.75 Å². The maximum atomic E-state index is 5.63. The van der Waals surface area contributed by atoms with Crippen molar-refractivity contribution in [1.29, 1.82) is 0 Å². The molecule has 0 aliphatic rings. The van der Waals surface area contributed by atoms with Crippen LogP contribution in [0.1, 0.15) is 11.6 Å². The lowest BCUT2D eigenvalue weighted by molar-refractivity contribution is 0.556. The smallest absolute Gasteiger partial charge is 0.205 e. The molecule has 90 valence electrons. The van der Waals surface area contributed by atoms with E-state index >= 15 is 0 Å². The van der Waals surface area contributed by atoms with Crippen LogP contribution in [0.4, 0.5) is 0 Å². The van der Waals surface area contributed by atoms with Crippen molar-refractivity contribution in [1.82, 2.24) is 15.0 Å². The normalized spacial score (nSPS) is 10.9. The molecule has 0 saturated heterocycles. The maximum absolute atomic E-state index is 5.63. The molecule has 0 atom stereocenters. The molecule has 0 fully saturated rings. The minimum Gasteiger partial charge on any atom is -0.440 e. The highest BCUT2D eigenvalue weighted by Crippen LogP contribution is 2.22. The third-order valence-electron chi connectivity index (χ3n) is 2.44. The van der Waals surface area contributed by atoms with Gasteiger partial charge in [-0.15, -0.1) is 0 Å². The van der Waals surface area contributed by atoms with Crippen LogP contribution in [0.2, 0.25) is 0 Å². The number of fused-ring (bicyclic) bond motifs is 1. The van der Waals surface area contributed by atoms with E-state index in [4.69, 9.17) is 4.42 Å². The average Bonchev–Trinajstić information content (AvgIpc) is 2.79. The molecule has 2 aromatic heterocycles. The zero-order chi connectivity index (χ0) is 12.4. The Hall–Kier alpha value is -1.88. The first kappa shape index (κ1) is 11.2. The summed E-state index contributed by atoms with van der Waals surface area (Å²) >= 11 is 1.52. The van der Waals surface area contributed by atoms with Crippen LogP contribution in [0.3, 0.4) is 0 Å². The number of oxazole rings is 1. The predicted molar refractivity (Wildman–Crippen MR) is 70.3 cm³/mol. The number of hydrogen-bond donors (Lipinski definition) is 0. The number of aromatic nitrogens is 3. The van der Waals surface area contributed by atoms with E-state index in [0.717, 1.165) is 22.0 Å². The zero-order valence-electron chi connectivity index (χ0n) is 9.83. The molecule has 1 aromatic carbocycles. The highest BCUT2D eigenvalue weighted by molar-refractivity contribution is 7.98. The molecule has 3 rings (SSSR count). The van der Waals surface area contributed by atoms with E-state index in [9.17, 15) is 0 Å². The van der Waals surface area contributed by atoms with Gasteiger partial charge in [0.2, 0.25) is 5.89 Å². The largest absolute Gasteiger partial charge is 0.440 e. The number of aryl methyl sites for hydroxylation is 1. The Morgan fingerprint density at radius 2 is 2.06 bits per heavy atom. The van der Waals surface area contributed by atoms with Gasteiger partial charge >= 0.3 is 0 Å². The lowest BCUT2D eigenvalue weighted by Gasteiger charge is -1.97. The monoisotopic (exact) mass is 257 g/mol. The van der Waals surface area contributed by atoms with Crippen molar-refractivity contribution in [2.45, 2.75) is 17.8 Å². The summed E-state index contributed by atoms with van der Waals surface area (Å²) in [5.41, 5.74) is 2.67. The first-order valence-electron chi connectivity index (χ1n) is 5.58. The summed E-state index contributed by atoms with van der Waals surface area (Å²) in [7, 11) is 0. The Morgan fingerprint density at radius 1 is 1.17 bits per heavy atom. The molecule has 5 heteroatoms. The summed E-state index contributed by atoms with van der Waals surface area (Å²) in [6.45, 7) is 1.95. The molecule has 0 bridgehead atoms. The van der Waals surface area contributed by atoms with Crippen LogP contribution in [0.25, 0.3) is 11.1 Å². The molecule has 18 heavy (non-hydrogen) atoms. The van der Waals surface area contributed by atoms with Gasteiger partial charge in [-0.05, 0) is 25.1 Å². The van der Waals surface area contributed by atoms with Crippen LogP contribution in [-0.4, -0.2) is 15.0 Å². The van der Waals surface area contributed by atoms with E-state index in [1.807, 2.05) is 37.3 Å². The Bertz CT molecular complexity index is 648. The van der Waals surface area contributed by atoms with Gasteiger partial charge in [-0.1, -0.05) is 23.9 Å². The Kier molecular flexibility index (Phi) is 2.98. The van der Waals surface area contributed by atoms with Crippen molar-refractivity contribution in [3.05, 3.63) is 48.1 Å². The van der Waals surface area contributed by atoms with Gasteiger partial charge in [-0.25, -0.2) is 15.0 Å². The summed E-state index contributed by atoms with van der Waals surface area (Å²) < 4.78 is 5.63. The minimum atomic E-state index is 0.637. The van der Waals surface area contributed by atoms with Crippen LogP contribution in [0.15, 0.2) is 46.1 Å². The molecule has 0 spiro atoms. The molecule has 2 heterocycles. The zero-order valence-corrected chi connectivity index (χ0v) is 10.6. The topological polar surface area (TPSA) is 51.8 Å². The summed E-state index contributed by atoms with van der Waals surface area (Å²) in [5, 5.41) is 0.747. The predicted octanol–water partition coefficient (Wildman–Crippen LogP) is 3.22. The number of rotatable bonds is 3. The molecule has 4 nitrogen and oxygen atoms in total. The van der Waals surface area contributed by atoms with Crippen molar-refractivity contribution >= 4 is 22.9 Å². The molecule has 3 aromatic rings. The van der Waals surface area contributed by atoms with E-state index in [-0.39, 0.29) is 0 Å². The van der Waals surface area contributed by atoms with Crippen LogP contribution < -0.4 is 0 Å². The number of para-hydroxylation sites is 2. The standard InChI is InChI=1S/C13H11N3OS/c1-9-6-7-14-13(15-9)18-8-12-16-10-4-2-3-5-11(10)17-12/h2-7H,8H2,1H3. The molecule has 0 aliphatic carbocycles. The summed E-state index contributed by atoms with van der Waals surface area (Å²) in [4.78, 5) is 12.9. The van der Waals surface area contributed by atoms with Gasteiger partial charge in [0.05, 0.1) is 5.75 Å². The summed E-state index contributed by atoms with van der Waals surface area (Å²) in [6, 6.07) is 9.62. The molecular formula is C13H11N3OS. The number of thioether (sulfide) groups is 1. The van der Waals surface area contributed by atoms with E-state index in [1.165, 1.54) is 11.8 Å². The van der Waals surface area contributed by atoms with Crippen molar-refractivity contribution in [2.75, 3.05) is 0 Å². The lowest BCUT2D eigenvalue weighted by atomic mass is 10.3. The molecule has 0 amide bonds. The van der Waals surface area contributed by atoms with Gasteiger partial charge in [-0.3, -0.25) is 0 Å². The van der Waals surface area contributed by atoms with Crippen molar-refractivity contribution < 1.29 is 4.42 Å². The van der Waals surface area contributed by atoms with E-state index < -0.39 is 0 Å². The average molecular weight is 257 g/mol. The van der Waals surface area contributed by atoms with Crippen molar-refractivity contribution in [2.24, 2.45) is 0 Å². The fourth-order valence-electron chi connectivity index (χ4n) is 1.60. The van der Waals surface area contributed by atoms with Gasteiger partial charge in [0.1, 0.15) is 5.52 Å². The molecule has 0 radical (unpaired) electrons. The molecule has 0 saturated carbocycles. The van der Waals surface area contributed by atoms with Gasteiger partial charge in [0.25, 0.3) is 0 Å². The Labute approximate surface area is 108 Å². The van der Waals surface area contributed by atoms with Gasteiger partial charge in [0.15, 0.2) is 10.7 Å². The lowest BCUT2D eigenvalue weighted by Crippen LogP contribution is -1.89. The third-order valence-corrected chi connectivity index (χ3v) is 3.28. The quantitative estimate of drug-likeness (QED) is 0.532. The van der Waals surface area contributed by atoms with Gasteiger partial charge < -0.3 is 4.42 Å². The van der Waals surface area contributed by atoms with E-state index in [1.54, 1.807) is 6.20 Å². The minimum absolute atomic E-state index is 0.637. The van der Waals surface area contributed by atoms with Crippen molar-refractivity contribution in [3.8, 4) is 0 Å². The second kappa shape index (κ2) is 4.78. The maximum Gasteiger partial charge on any atom is 0.205 e. The van der Waals surface area contributed by atoms with Gasteiger partial charge in [-0.2, -0.15) is 0 Å². The fraction of sp³-hybridized carbons (Fsp3) is 0.154. The first-order chi connectivity index (χ1) is 8.81. The highest BCUT2D eigenvalue weighted by atomic mass is 32.2. The number of benzene rings is 1. The van der Waals surface area contributed by atoms with E-state index in [0.29, 0.717) is 11.6 Å². The molecule has 0 aliphatic heterocycles. The first-order valence-corrected chi connectivity index (χ1v) is 6.57. The van der Waals surface area contributed by atoms with Crippen molar-refractivity contribution in [3.63, 3.8) is 0 Å². The van der Waals surface area contributed by atoms with E-state index in [2.05, 4.69) is 15.0 Å². The van der Waals surface area contributed by atoms with Crippen LogP contribution in [0.5, 0.6) is 0 Å². The SMILES string of the molecule is Cc1ccnc(SCc2nc3ccccc3o2)n1. The second-order valence-corrected chi connectivity index (χ2v) is 4.79.